The maximum Gasteiger partial charge on any atom is 0.229 e. The number of hydrogen-bond donors (Lipinski definition) is 0. The molecule has 0 aliphatic carbocycles. The van der Waals surface area contributed by atoms with Gasteiger partial charge >= 0.3 is 0 Å². The van der Waals surface area contributed by atoms with E-state index in [1.54, 1.807) is 0 Å². The van der Waals surface area contributed by atoms with Gasteiger partial charge in [-0.05, 0) is 12.6 Å². The van der Waals surface area contributed by atoms with Gasteiger partial charge < -0.3 is 14.7 Å². The zero-order valence-electron chi connectivity index (χ0n) is 18.3. The molecule has 2 aromatic heterocycles. The van der Waals surface area contributed by atoms with E-state index in [0.29, 0.717) is 0 Å². The molecule has 1 aromatic carbocycles. The van der Waals surface area contributed by atoms with Crippen molar-refractivity contribution in [2.75, 3.05) is 69.2 Å². The van der Waals surface area contributed by atoms with Crippen molar-refractivity contribution in [2.45, 2.75) is 6.54 Å². The number of halogens is 1. The first kappa shape index (κ1) is 21.8. The van der Waals surface area contributed by atoms with Gasteiger partial charge in [-0.25, -0.2) is 0 Å². The van der Waals surface area contributed by atoms with Crippen LogP contribution in [0.4, 0.5) is 11.8 Å². The van der Waals surface area contributed by atoms with Crippen molar-refractivity contribution in [3.8, 4) is 0 Å². The molecule has 8 nitrogen and oxygen atoms in total. The fourth-order valence-electron chi connectivity index (χ4n) is 4.34. The minimum atomic E-state index is 0. The highest BCUT2D eigenvalue weighted by Crippen LogP contribution is 2.27. The molecule has 9 heteroatoms. The van der Waals surface area contributed by atoms with Gasteiger partial charge in [0.1, 0.15) is 5.82 Å². The Hall–Kier alpha value is -2.42. The number of anilines is 2. The molecule has 0 saturated carbocycles. The molecule has 166 valence electrons. The minimum Gasteiger partial charge on any atom is -0.353 e. The molecule has 0 bridgehead atoms. The monoisotopic (exact) mass is 442 g/mol. The lowest BCUT2D eigenvalue weighted by Crippen LogP contribution is -2.47. The summed E-state index contributed by atoms with van der Waals surface area (Å²) < 4.78 is 1.87. The Balaban J connectivity index is 0.00000231. The summed E-state index contributed by atoms with van der Waals surface area (Å²) in [6.45, 7) is 9.01. The fourth-order valence-corrected chi connectivity index (χ4v) is 4.34. The average Bonchev–Trinajstić information content (AvgIpc) is 3.16. The first-order valence-electron chi connectivity index (χ1n) is 10.8. The summed E-state index contributed by atoms with van der Waals surface area (Å²) in [4.78, 5) is 19.5. The van der Waals surface area contributed by atoms with Crippen molar-refractivity contribution >= 4 is 35.2 Å². The highest BCUT2D eigenvalue weighted by molar-refractivity contribution is 5.88. The zero-order chi connectivity index (χ0) is 20.5. The second-order valence-electron chi connectivity index (χ2n) is 8.39. The molecule has 2 saturated heterocycles. The maximum absolute atomic E-state index is 5.05. The quantitative estimate of drug-likeness (QED) is 0.611. The van der Waals surface area contributed by atoms with E-state index in [1.165, 1.54) is 5.56 Å². The largest absolute Gasteiger partial charge is 0.353 e. The van der Waals surface area contributed by atoms with Gasteiger partial charge in [-0.1, -0.05) is 30.3 Å². The van der Waals surface area contributed by atoms with Gasteiger partial charge in [-0.2, -0.15) is 15.1 Å². The Kier molecular flexibility index (Phi) is 6.60. The summed E-state index contributed by atoms with van der Waals surface area (Å²) in [5, 5.41) is 5.51. The third-order valence-electron chi connectivity index (χ3n) is 6.27. The number of aryl methyl sites for hydroxylation is 1. The number of rotatable bonds is 4. The maximum atomic E-state index is 5.05. The van der Waals surface area contributed by atoms with Crippen LogP contribution >= 0.6 is 12.4 Å². The summed E-state index contributed by atoms with van der Waals surface area (Å²) in [6, 6.07) is 10.7. The molecule has 4 heterocycles. The SMILES string of the molecule is CN1CCN(c2nc(N3CCN(Cc4ccccc4)CC3)nc3c2cnn3C)CC1.Cl. The van der Waals surface area contributed by atoms with Gasteiger partial charge in [0.25, 0.3) is 0 Å². The Morgan fingerprint density at radius 1 is 0.806 bits per heavy atom. The lowest BCUT2D eigenvalue weighted by molar-refractivity contribution is 0.248. The summed E-state index contributed by atoms with van der Waals surface area (Å²) in [6.07, 6.45) is 1.91. The van der Waals surface area contributed by atoms with Crippen LogP contribution in [0.25, 0.3) is 11.0 Å². The van der Waals surface area contributed by atoms with E-state index in [2.05, 4.69) is 62.1 Å². The van der Waals surface area contributed by atoms with Crippen LogP contribution in [0, 0.1) is 0 Å². The Morgan fingerprint density at radius 2 is 1.48 bits per heavy atom. The van der Waals surface area contributed by atoms with E-state index in [1.807, 2.05) is 17.9 Å². The molecule has 5 rings (SSSR count). The van der Waals surface area contributed by atoms with Gasteiger partial charge in [0.05, 0.1) is 11.6 Å². The van der Waals surface area contributed by atoms with Crippen LogP contribution in [0.5, 0.6) is 0 Å². The number of aromatic nitrogens is 4. The van der Waals surface area contributed by atoms with Crippen LogP contribution in [0.15, 0.2) is 36.5 Å². The molecule has 2 aliphatic rings. The van der Waals surface area contributed by atoms with Crippen molar-refractivity contribution in [1.82, 2.24) is 29.5 Å². The first-order chi connectivity index (χ1) is 14.7. The molecule has 0 N–H and O–H groups in total. The number of piperazine rings is 2. The first-order valence-corrected chi connectivity index (χ1v) is 10.8. The fraction of sp³-hybridized carbons (Fsp3) is 0.500. The van der Waals surface area contributed by atoms with Gasteiger partial charge in [-0.3, -0.25) is 9.58 Å². The second kappa shape index (κ2) is 9.38. The van der Waals surface area contributed by atoms with E-state index < -0.39 is 0 Å². The molecule has 0 radical (unpaired) electrons. The van der Waals surface area contributed by atoms with Crippen molar-refractivity contribution in [3.05, 3.63) is 42.1 Å². The lowest BCUT2D eigenvalue weighted by Gasteiger charge is -2.36. The molecular weight excluding hydrogens is 412 g/mol. The number of fused-ring (bicyclic) bond motifs is 1. The van der Waals surface area contributed by atoms with Crippen LogP contribution in [0.2, 0.25) is 0 Å². The standard InChI is InChI=1S/C22H30N8.ClH/c1-26-8-12-29(13-9-26)21-19-16-23-27(2)20(19)24-22(25-21)30-14-10-28(11-15-30)17-18-6-4-3-5-7-18;/h3-7,16H,8-15,17H2,1-2H3;1H. The number of nitrogens with zero attached hydrogens (tertiary/aromatic N) is 8. The second-order valence-corrected chi connectivity index (χ2v) is 8.39. The molecule has 31 heavy (non-hydrogen) atoms. The van der Waals surface area contributed by atoms with Crippen molar-refractivity contribution < 1.29 is 0 Å². The van der Waals surface area contributed by atoms with Crippen molar-refractivity contribution in [1.29, 1.82) is 0 Å². The molecule has 2 aliphatic heterocycles. The Bertz CT molecular complexity index is 991. The predicted molar refractivity (Wildman–Crippen MR) is 127 cm³/mol. The van der Waals surface area contributed by atoms with Crippen LogP contribution in [-0.2, 0) is 13.6 Å². The third-order valence-corrected chi connectivity index (χ3v) is 6.27. The lowest BCUT2D eigenvalue weighted by atomic mass is 10.2. The molecule has 0 spiro atoms. The number of likely N-dealkylation sites (N-methyl/N-ethyl adjacent to an activating group) is 1. The van der Waals surface area contributed by atoms with Crippen molar-refractivity contribution in [3.63, 3.8) is 0 Å². The smallest absolute Gasteiger partial charge is 0.229 e. The van der Waals surface area contributed by atoms with Gasteiger partial charge in [0.2, 0.25) is 5.95 Å². The van der Waals surface area contributed by atoms with Crippen LogP contribution in [0.3, 0.4) is 0 Å². The van der Waals surface area contributed by atoms with E-state index >= 15 is 0 Å². The topological polar surface area (TPSA) is 56.6 Å². The van der Waals surface area contributed by atoms with Crippen LogP contribution in [0.1, 0.15) is 5.56 Å². The Labute approximate surface area is 189 Å². The summed E-state index contributed by atoms with van der Waals surface area (Å²) in [7, 11) is 4.14. The third kappa shape index (κ3) is 4.61. The number of hydrogen-bond acceptors (Lipinski definition) is 7. The van der Waals surface area contributed by atoms with Crippen LogP contribution in [-0.4, -0.2) is 89.0 Å². The van der Waals surface area contributed by atoms with E-state index in [9.17, 15) is 0 Å². The average molecular weight is 443 g/mol. The summed E-state index contributed by atoms with van der Waals surface area (Å²) in [5.74, 6) is 1.86. The zero-order valence-corrected chi connectivity index (χ0v) is 19.1. The molecule has 2 fully saturated rings. The Morgan fingerprint density at radius 3 is 2.19 bits per heavy atom. The molecule has 0 atom stereocenters. The summed E-state index contributed by atoms with van der Waals surface area (Å²) in [5.41, 5.74) is 2.29. The normalized spacial score (nSPS) is 18.4. The van der Waals surface area contributed by atoms with Gasteiger partial charge in [-0.15, -0.1) is 12.4 Å². The predicted octanol–water partition coefficient (Wildman–Crippen LogP) is 1.86. The minimum absolute atomic E-state index is 0. The van der Waals surface area contributed by atoms with Crippen molar-refractivity contribution in [2.24, 2.45) is 7.05 Å². The van der Waals surface area contributed by atoms with E-state index in [-0.39, 0.29) is 12.4 Å². The van der Waals surface area contributed by atoms with Gasteiger partial charge in [0, 0.05) is 66.0 Å². The molecule has 0 amide bonds. The van der Waals surface area contributed by atoms with E-state index in [4.69, 9.17) is 9.97 Å². The molecular formula is C22H31ClN8. The van der Waals surface area contributed by atoms with Crippen LogP contribution < -0.4 is 9.80 Å². The van der Waals surface area contributed by atoms with E-state index in [0.717, 1.165) is 81.7 Å². The highest BCUT2D eigenvalue weighted by Gasteiger charge is 2.24. The van der Waals surface area contributed by atoms with Gasteiger partial charge in [0.15, 0.2) is 5.65 Å². The number of benzene rings is 1. The molecule has 0 unspecified atom stereocenters. The molecule has 3 aromatic rings. The summed E-state index contributed by atoms with van der Waals surface area (Å²) >= 11 is 0. The highest BCUT2D eigenvalue weighted by atomic mass is 35.5.